The molecule has 1 unspecified atom stereocenters. The molecule has 140 valence electrons. The summed E-state index contributed by atoms with van der Waals surface area (Å²) in [6, 6.07) is 12.2. The number of hydrogen-bond acceptors (Lipinski definition) is 5. The van der Waals surface area contributed by atoms with Gasteiger partial charge in [-0.15, -0.1) is 11.3 Å². The molecule has 0 saturated heterocycles. The van der Waals surface area contributed by atoms with Crippen molar-refractivity contribution in [3.63, 3.8) is 0 Å². The van der Waals surface area contributed by atoms with Gasteiger partial charge in [-0.2, -0.15) is 0 Å². The van der Waals surface area contributed by atoms with E-state index < -0.39 is 6.10 Å². The number of nitrogens with zero attached hydrogens (tertiary/aromatic N) is 1. The van der Waals surface area contributed by atoms with Crippen LogP contribution in [0.25, 0.3) is 11.3 Å². The van der Waals surface area contributed by atoms with E-state index in [1.165, 1.54) is 11.3 Å². The predicted octanol–water partition coefficient (Wildman–Crippen LogP) is 5.53. The van der Waals surface area contributed by atoms with E-state index in [9.17, 15) is 4.79 Å². The third-order valence-electron chi connectivity index (χ3n) is 3.68. The van der Waals surface area contributed by atoms with E-state index in [0.29, 0.717) is 32.4 Å². The standard InChI is InChI=1S/C19H16Cl2N2O3S/c1-11(26-14-6-4-13(20)5-7-14)18(24)23-19-22-16(10-27-19)12-3-8-17(25-2)15(21)9-12/h3-11H,1-2H3,(H,22,23,24). The third kappa shape index (κ3) is 4.91. The normalized spacial score (nSPS) is 11.7. The van der Waals surface area contributed by atoms with Crippen LogP contribution in [-0.2, 0) is 4.79 Å². The summed E-state index contributed by atoms with van der Waals surface area (Å²) in [7, 11) is 1.56. The van der Waals surface area contributed by atoms with Gasteiger partial charge in [0.1, 0.15) is 11.5 Å². The number of halogens is 2. The van der Waals surface area contributed by atoms with E-state index in [4.69, 9.17) is 32.7 Å². The van der Waals surface area contributed by atoms with Crippen molar-refractivity contribution in [2.24, 2.45) is 0 Å². The second-order valence-electron chi connectivity index (χ2n) is 5.59. The second-order valence-corrected chi connectivity index (χ2v) is 7.29. The van der Waals surface area contributed by atoms with Crippen LogP contribution in [0.4, 0.5) is 5.13 Å². The summed E-state index contributed by atoms with van der Waals surface area (Å²) in [5, 5.41) is 6.19. The summed E-state index contributed by atoms with van der Waals surface area (Å²) in [6.07, 6.45) is -0.686. The van der Waals surface area contributed by atoms with E-state index >= 15 is 0 Å². The number of carbonyl (C=O) groups excluding carboxylic acids is 1. The SMILES string of the molecule is COc1ccc(-c2csc(NC(=O)C(C)Oc3ccc(Cl)cc3)n2)cc1Cl. The zero-order valence-corrected chi connectivity index (χ0v) is 16.9. The Bertz CT molecular complexity index is 944. The molecule has 27 heavy (non-hydrogen) atoms. The average molecular weight is 423 g/mol. The molecule has 1 amide bonds. The number of benzene rings is 2. The van der Waals surface area contributed by atoms with Crippen molar-refractivity contribution < 1.29 is 14.3 Å². The molecular formula is C19H16Cl2N2O3S. The van der Waals surface area contributed by atoms with Crippen molar-refractivity contribution in [2.75, 3.05) is 12.4 Å². The Balaban J connectivity index is 1.65. The Kier molecular flexibility index (Phi) is 6.21. The number of nitrogens with one attached hydrogen (secondary N) is 1. The van der Waals surface area contributed by atoms with Crippen LogP contribution in [0, 0.1) is 0 Å². The number of anilines is 1. The Morgan fingerprint density at radius 3 is 2.59 bits per heavy atom. The highest BCUT2D eigenvalue weighted by Gasteiger charge is 2.17. The summed E-state index contributed by atoms with van der Waals surface area (Å²) in [6.45, 7) is 1.67. The van der Waals surface area contributed by atoms with Crippen molar-refractivity contribution in [1.29, 1.82) is 0 Å². The van der Waals surface area contributed by atoms with E-state index in [2.05, 4.69) is 10.3 Å². The fourth-order valence-electron chi connectivity index (χ4n) is 2.27. The first-order valence-electron chi connectivity index (χ1n) is 7.99. The highest BCUT2D eigenvalue weighted by Crippen LogP contribution is 2.31. The van der Waals surface area contributed by atoms with Gasteiger partial charge in [0.15, 0.2) is 11.2 Å². The largest absolute Gasteiger partial charge is 0.495 e. The number of hydrogen-bond donors (Lipinski definition) is 1. The molecule has 0 spiro atoms. The number of ether oxygens (including phenoxy) is 2. The third-order valence-corrected chi connectivity index (χ3v) is 4.98. The lowest BCUT2D eigenvalue weighted by atomic mass is 10.2. The van der Waals surface area contributed by atoms with Crippen molar-refractivity contribution in [3.05, 3.63) is 57.9 Å². The summed E-state index contributed by atoms with van der Waals surface area (Å²) in [5.74, 6) is 0.866. The van der Waals surface area contributed by atoms with Gasteiger partial charge in [0.25, 0.3) is 5.91 Å². The number of thiazole rings is 1. The minimum atomic E-state index is -0.686. The maximum absolute atomic E-state index is 12.3. The maximum Gasteiger partial charge on any atom is 0.266 e. The summed E-state index contributed by atoms with van der Waals surface area (Å²) in [5.41, 5.74) is 1.55. The molecule has 0 aliphatic rings. The number of rotatable bonds is 6. The fraction of sp³-hybridized carbons (Fsp3) is 0.158. The Labute approximate surface area is 170 Å². The van der Waals surface area contributed by atoms with E-state index in [1.54, 1.807) is 50.4 Å². The molecule has 2 aromatic carbocycles. The molecule has 1 heterocycles. The molecule has 3 rings (SSSR count). The molecule has 0 radical (unpaired) electrons. The van der Waals surface area contributed by atoms with Gasteiger partial charge in [-0.25, -0.2) is 4.98 Å². The van der Waals surface area contributed by atoms with Gasteiger partial charge in [0, 0.05) is 16.0 Å². The molecule has 0 aliphatic carbocycles. The minimum absolute atomic E-state index is 0.293. The van der Waals surface area contributed by atoms with Crippen LogP contribution in [0.5, 0.6) is 11.5 Å². The van der Waals surface area contributed by atoms with Gasteiger partial charge >= 0.3 is 0 Å². The van der Waals surface area contributed by atoms with Crippen molar-refractivity contribution in [1.82, 2.24) is 4.98 Å². The molecule has 5 nitrogen and oxygen atoms in total. The van der Waals surface area contributed by atoms with Crippen LogP contribution < -0.4 is 14.8 Å². The van der Waals surface area contributed by atoms with Crippen LogP contribution in [0.2, 0.25) is 10.0 Å². The fourth-order valence-corrected chi connectivity index (χ4v) is 3.37. The van der Waals surface area contributed by atoms with Crippen LogP contribution in [0.3, 0.4) is 0 Å². The first-order chi connectivity index (χ1) is 13.0. The number of carbonyl (C=O) groups is 1. The minimum Gasteiger partial charge on any atom is -0.495 e. The lowest BCUT2D eigenvalue weighted by Gasteiger charge is -2.13. The molecule has 0 aliphatic heterocycles. The molecular weight excluding hydrogens is 407 g/mol. The van der Waals surface area contributed by atoms with Crippen LogP contribution in [0.15, 0.2) is 47.8 Å². The van der Waals surface area contributed by atoms with Crippen molar-refractivity contribution >= 4 is 45.6 Å². The van der Waals surface area contributed by atoms with Gasteiger partial charge in [-0.1, -0.05) is 23.2 Å². The van der Waals surface area contributed by atoms with Crippen LogP contribution in [0.1, 0.15) is 6.92 Å². The molecule has 1 N–H and O–H groups in total. The number of methoxy groups -OCH3 is 1. The topological polar surface area (TPSA) is 60.5 Å². The summed E-state index contributed by atoms with van der Waals surface area (Å²) in [4.78, 5) is 16.8. The predicted molar refractivity (Wildman–Crippen MR) is 109 cm³/mol. The second kappa shape index (κ2) is 8.61. The van der Waals surface area contributed by atoms with E-state index in [0.717, 1.165) is 5.56 Å². The van der Waals surface area contributed by atoms with Crippen LogP contribution >= 0.6 is 34.5 Å². The molecule has 0 saturated carbocycles. The van der Waals surface area contributed by atoms with Gasteiger partial charge in [-0.3, -0.25) is 10.1 Å². The number of aromatic nitrogens is 1. The molecule has 1 atom stereocenters. The average Bonchev–Trinajstić information content (AvgIpc) is 3.12. The first kappa shape index (κ1) is 19.5. The lowest BCUT2D eigenvalue weighted by molar-refractivity contribution is -0.122. The molecule has 3 aromatic rings. The van der Waals surface area contributed by atoms with E-state index in [-0.39, 0.29) is 5.91 Å². The smallest absolute Gasteiger partial charge is 0.266 e. The Morgan fingerprint density at radius 2 is 1.93 bits per heavy atom. The summed E-state index contributed by atoms with van der Waals surface area (Å²) >= 11 is 13.3. The zero-order chi connectivity index (χ0) is 19.4. The lowest BCUT2D eigenvalue weighted by Crippen LogP contribution is -2.30. The maximum atomic E-state index is 12.3. The Hall–Kier alpha value is -2.28. The van der Waals surface area contributed by atoms with Gasteiger partial charge in [-0.05, 0) is 49.4 Å². The molecule has 8 heteroatoms. The van der Waals surface area contributed by atoms with E-state index in [1.807, 2.05) is 11.4 Å². The van der Waals surface area contributed by atoms with Gasteiger partial charge < -0.3 is 9.47 Å². The van der Waals surface area contributed by atoms with Crippen molar-refractivity contribution in [2.45, 2.75) is 13.0 Å². The van der Waals surface area contributed by atoms with Crippen LogP contribution in [-0.4, -0.2) is 24.1 Å². The highest BCUT2D eigenvalue weighted by atomic mass is 35.5. The monoisotopic (exact) mass is 422 g/mol. The zero-order valence-electron chi connectivity index (χ0n) is 14.5. The first-order valence-corrected chi connectivity index (χ1v) is 9.62. The molecule has 0 bridgehead atoms. The quantitative estimate of drug-likeness (QED) is 0.566. The molecule has 0 fully saturated rings. The number of amides is 1. The highest BCUT2D eigenvalue weighted by molar-refractivity contribution is 7.14. The molecule has 1 aromatic heterocycles. The Morgan fingerprint density at radius 1 is 1.19 bits per heavy atom. The van der Waals surface area contributed by atoms with Crippen molar-refractivity contribution in [3.8, 4) is 22.8 Å². The van der Waals surface area contributed by atoms with Gasteiger partial charge in [0.05, 0.1) is 17.8 Å². The summed E-state index contributed by atoms with van der Waals surface area (Å²) < 4.78 is 10.8. The van der Waals surface area contributed by atoms with Gasteiger partial charge in [0.2, 0.25) is 0 Å².